The Kier molecular flexibility index (Phi) is 15.5. The van der Waals surface area contributed by atoms with Gasteiger partial charge in [-0.2, -0.15) is 0 Å². The molecule has 0 rings (SSSR count). The standard InChI is InChI=1S/C16H34ClN/c1-3-5-6-7-8-9-10-11-12-13-14-18-15-16(17)4-2/h16,18H,3-15H2,1-2H3. The molecule has 0 bridgehead atoms. The molecular weight excluding hydrogens is 242 g/mol. The van der Waals surface area contributed by atoms with Crippen LogP contribution in [-0.2, 0) is 0 Å². The van der Waals surface area contributed by atoms with Crippen molar-refractivity contribution in [3.63, 3.8) is 0 Å². The molecule has 0 radical (unpaired) electrons. The molecule has 0 aliphatic carbocycles. The van der Waals surface area contributed by atoms with Gasteiger partial charge in [0.15, 0.2) is 0 Å². The molecule has 0 heterocycles. The lowest BCUT2D eigenvalue weighted by molar-refractivity contribution is 0.541. The average Bonchev–Trinajstić information content (AvgIpc) is 2.39. The minimum atomic E-state index is 0.313. The first-order chi connectivity index (χ1) is 8.81. The maximum absolute atomic E-state index is 6.04. The van der Waals surface area contributed by atoms with Gasteiger partial charge in [0.1, 0.15) is 0 Å². The fourth-order valence-electron chi connectivity index (χ4n) is 2.14. The third-order valence-electron chi connectivity index (χ3n) is 3.52. The number of alkyl halides is 1. The number of rotatable bonds is 14. The van der Waals surface area contributed by atoms with Gasteiger partial charge in [0.25, 0.3) is 0 Å². The summed E-state index contributed by atoms with van der Waals surface area (Å²) in [5, 5.41) is 3.74. The lowest BCUT2D eigenvalue weighted by atomic mass is 10.1. The molecule has 0 aromatic rings. The molecule has 0 aromatic heterocycles. The largest absolute Gasteiger partial charge is 0.315 e. The molecule has 1 atom stereocenters. The maximum Gasteiger partial charge on any atom is 0.0458 e. The Labute approximate surface area is 120 Å². The summed E-state index contributed by atoms with van der Waals surface area (Å²) in [4.78, 5) is 0. The van der Waals surface area contributed by atoms with E-state index in [1.807, 2.05) is 0 Å². The Morgan fingerprint density at radius 2 is 1.28 bits per heavy atom. The van der Waals surface area contributed by atoms with E-state index in [0.29, 0.717) is 5.38 Å². The zero-order chi connectivity index (χ0) is 13.5. The predicted octanol–water partition coefficient (Wildman–Crippen LogP) is 5.51. The van der Waals surface area contributed by atoms with Crippen LogP contribution in [0.5, 0.6) is 0 Å². The van der Waals surface area contributed by atoms with Crippen molar-refractivity contribution in [3.05, 3.63) is 0 Å². The third-order valence-corrected chi connectivity index (χ3v) is 3.98. The molecule has 0 saturated carbocycles. The van der Waals surface area contributed by atoms with Crippen LogP contribution < -0.4 is 5.32 Å². The van der Waals surface area contributed by atoms with Crippen LogP contribution in [0.4, 0.5) is 0 Å². The van der Waals surface area contributed by atoms with Gasteiger partial charge >= 0.3 is 0 Å². The van der Waals surface area contributed by atoms with Crippen LogP contribution in [0.2, 0.25) is 0 Å². The van der Waals surface area contributed by atoms with Crippen molar-refractivity contribution >= 4 is 11.6 Å². The molecule has 0 aromatic carbocycles. The average molecular weight is 276 g/mol. The second kappa shape index (κ2) is 15.3. The van der Waals surface area contributed by atoms with E-state index in [2.05, 4.69) is 19.2 Å². The molecule has 2 heteroatoms. The van der Waals surface area contributed by atoms with Gasteiger partial charge in [0.2, 0.25) is 0 Å². The summed E-state index contributed by atoms with van der Waals surface area (Å²) < 4.78 is 0. The number of halogens is 1. The third kappa shape index (κ3) is 14.3. The zero-order valence-corrected chi connectivity index (χ0v) is 13.4. The normalized spacial score (nSPS) is 12.8. The van der Waals surface area contributed by atoms with Gasteiger partial charge in [-0.05, 0) is 19.4 Å². The van der Waals surface area contributed by atoms with Crippen molar-refractivity contribution in [3.8, 4) is 0 Å². The second-order valence-corrected chi connectivity index (χ2v) is 6.01. The van der Waals surface area contributed by atoms with Crippen molar-refractivity contribution in [2.24, 2.45) is 0 Å². The number of nitrogens with one attached hydrogen (secondary N) is 1. The van der Waals surface area contributed by atoms with Gasteiger partial charge in [0.05, 0.1) is 0 Å². The Bertz CT molecular complexity index is 150. The molecule has 0 fully saturated rings. The van der Waals surface area contributed by atoms with Crippen molar-refractivity contribution in [2.75, 3.05) is 13.1 Å². The van der Waals surface area contributed by atoms with Gasteiger partial charge in [-0.25, -0.2) is 0 Å². The highest BCUT2D eigenvalue weighted by Gasteiger charge is 1.98. The van der Waals surface area contributed by atoms with Crippen LogP contribution in [-0.4, -0.2) is 18.5 Å². The predicted molar refractivity (Wildman–Crippen MR) is 84.6 cm³/mol. The van der Waals surface area contributed by atoms with Crippen LogP contribution >= 0.6 is 11.6 Å². The summed E-state index contributed by atoms with van der Waals surface area (Å²) in [5.74, 6) is 0. The van der Waals surface area contributed by atoms with Crippen molar-refractivity contribution in [1.29, 1.82) is 0 Å². The van der Waals surface area contributed by atoms with E-state index in [1.165, 1.54) is 64.2 Å². The van der Waals surface area contributed by atoms with E-state index in [9.17, 15) is 0 Å². The Hall–Kier alpha value is 0.250. The Morgan fingerprint density at radius 3 is 1.78 bits per heavy atom. The Balaban J connectivity index is 2.94. The lowest BCUT2D eigenvalue weighted by Gasteiger charge is -2.08. The quantitative estimate of drug-likeness (QED) is 0.325. The lowest BCUT2D eigenvalue weighted by Crippen LogP contribution is -2.23. The number of hydrogen-bond acceptors (Lipinski definition) is 1. The minimum absolute atomic E-state index is 0.313. The SMILES string of the molecule is CCCCCCCCCCCCNCC(Cl)CC. The van der Waals surface area contributed by atoms with Crippen molar-refractivity contribution < 1.29 is 0 Å². The maximum atomic E-state index is 6.04. The second-order valence-electron chi connectivity index (χ2n) is 5.39. The highest BCUT2D eigenvalue weighted by Crippen LogP contribution is 2.10. The first-order valence-electron chi connectivity index (χ1n) is 8.16. The van der Waals surface area contributed by atoms with Gasteiger partial charge in [-0.3, -0.25) is 0 Å². The highest BCUT2D eigenvalue weighted by molar-refractivity contribution is 6.20. The van der Waals surface area contributed by atoms with E-state index < -0.39 is 0 Å². The molecule has 1 unspecified atom stereocenters. The first-order valence-corrected chi connectivity index (χ1v) is 8.59. The van der Waals surface area contributed by atoms with Crippen molar-refractivity contribution in [2.45, 2.75) is 89.9 Å². The summed E-state index contributed by atoms with van der Waals surface area (Å²) in [6.07, 6.45) is 15.1. The van der Waals surface area contributed by atoms with E-state index >= 15 is 0 Å². The van der Waals surface area contributed by atoms with Gasteiger partial charge in [-0.15, -0.1) is 11.6 Å². The first kappa shape index (κ1) is 18.2. The van der Waals surface area contributed by atoms with E-state index in [1.54, 1.807) is 0 Å². The Morgan fingerprint density at radius 1 is 0.778 bits per heavy atom. The molecule has 0 spiro atoms. The van der Waals surface area contributed by atoms with Gasteiger partial charge in [-0.1, -0.05) is 71.6 Å². The zero-order valence-electron chi connectivity index (χ0n) is 12.6. The van der Waals surface area contributed by atoms with Gasteiger partial charge in [0, 0.05) is 11.9 Å². The van der Waals surface area contributed by atoms with E-state index in [-0.39, 0.29) is 0 Å². The minimum Gasteiger partial charge on any atom is -0.315 e. The van der Waals surface area contributed by atoms with Gasteiger partial charge < -0.3 is 5.32 Å². The molecule has 0 aliphatic rings. The molecule has 0 saturated heterocycles. The summed E-state index contributed by atoms with van der Waals surface area (Å²) in [5.41, 5.74) is 0. The van der Waals surface area contributed by atoms with Crippen LogP contribution in [0.15, 0.2) is 0 Å². The molecule has 1 nitrogen and oxygen atoms in total. The molecule has 0 amide bonds. The molecular formula is C16H34ClN. The van der Waals surface area contributed by atoms with E-state index in [0.717, 1.165) is 19.5 Å². The molecule has 110 valence electrons. The molecule has 1 N–H and O–H groups in total. The molecule has 18 heavy (non-hydrogen) atoms. The van der Waals surface area contributed by atoms with Crippen molar-refractivity contribution in [1.82, 2.24) is 5.32 Å². The highest BCUT2D eigenvalue weighted by atomic mass is 35.5. The topological polar surface area (TPSA) is 12.0 Å². The monoisotopic (exact) mass is 275 g/mol. The summed E-state index contributed by atoms with van der Waals surface area (Å²) >= 11 is 6.04. The molecule has 0 aliphatic heterocycles. The summed E-state index contributed by atoms with van der Waals surface area (Å²) in [6, 6.07) is 0. The summed E-state index contributed by atoms with van der Waals surface area (Å²) in [7, 11) is 0. The van der Waals surface area contributed by atoms with Crippen LogP contribution in [0.3, 0.4) is 0 Å². The van der Waals surface area contributed by atoms with Crippen LogP contribution in [0, 0.1) is 0 Å². The number of unbranched alkanes of at least 4 members (excludes halogenated alkanes) is 9. The van der Waals surface area contributed by atoms with Crippen LogP contribution in [0.25, 0.3) is 0 Å². The fraction of sp³-hybridized carbons (Fsp3) is 1.00. The smallest absolute Gasteiger partial charge is 0.0458 e. The van der Waals surface area contributed by atoms with E-state index in [4.69, 9.17) is 11.6 Å². The fourth-order valence-corrected chi connectivity index (χ4v) is 2.25. The summed E-state index contributed by atoms with van der Waals surface area (Å²) in [6.45, 7) is 6.52. The number of hydrogen-bond donors (Lipinski definition) is 1. The van der Waals surface area contributed by atoms with Crippen LogP contribution in [0.1, 0.15) is 84.5 Å².